The third kappa shape index (κ3) is 2.09. The lowest BCUT2D eigenvalue weighted by Crippen LogP contribution is -2.17. The van der Waals surface area contributed by atoms with E-state index in [0.29, 0.717) is 26.3 Å². The van der Waals surface area contributed by atoms with Crippen molar-refractivity contribution in [3.8, 4) is 5.69 Å². The van der Waals surface area contributed by atoms with Crippen molar-refractivity contribution in [1.29, 1.82) is 0 Å². The van der Waals surface area contributed by atoms with E-state index in [1.165, 1.54) is 4.57 Å². The Balaban J connectivity index is 2.44. The quantitative estimate of drug-likeness (QED) is 0.636. The highest BCUT2D eigenvalue weighted by Gasteiger charge is 2.08. The van der Waals surface area contributed by atoms with E-state index in [2.05, 4.69) is 0 Å². The first-order valence-corrected chi connectivity index (χ1v) is 6.36. The molecule has 94 valence electrons. The molecule has 0 aliphatic carbocycles. The van der Waals surface area contributed by atoms with Crippen molar-refractivity contribution in [2.24, 2.45) is 0 Å². The summed E-state index contributed by atoms with van der Waals surface area (Å²) in [5, 5.41) is 1.19. The van der Waals surface area contributed by atoms with Crippen LogP contribution in [0.15, 0.2) is 57.7 Å². The lowest BCUT2D eigenvalue weighted by molar-refractivity contribution is 0.507. The molecule has 0 fully saturated rings. The summed E-state index contributed by atoms with van der Waals surface area (Å²) < 4.78 is 7.01. The summed E-state index contributed by atoms with van der Waals surface area (Å²) in [4.78, 5) is 12.0. The molecule has 0 atom stereocenters. The number of benzene rings is 2. The normalized spacial score (nSPS) is 10.8. The molecule has 3 aromatic rings. The number of hydrogen-bond donors (Lipinski definition) is 0. The molecule has 19 heavy (non-hydrogen) atoms. The molecule has 1 heterocycles. The number of hydrogen-bond acceptors (Lipinski definition) is 3. The molecule has 0 aliphatic rings. The summed E-state index contributed by atoms with van der Waals surface area (Å²) in [6, 6.07) is 14.1. The molecule has 0 bridgehead atoms. The van der Waals surface area contributed by atoms with Gasteiger partial charge < -0.3 is 4.42 Å². The molecule has 0 radical (unpaired) electrons. The second kappa shape index (κ2) is 4.64. The minimum Gasteiger partial charge on any atom is -0.409 e. The molecule has 0 saturated heterocycles. The summed E-state index contributed by atoms with van der Waals surface area (Å²) in [6.07, 6.45) is 0. The minimum absolute atomic E-state index is 0.389. The van der Waals surface area contributed by atoms with E-state index in [4.69, 9.17) is 28.2 Å². The van der Waals surface area contributed by atoms with E-state index in [-0.39, 0.29) is 0 Å². The van der Waals surface area contributed by atoms with Gasteiger partial charge in [-0.3, -0.25) is 0 Å². The maximum absolute atomic E-state index is 12.0. The Labute approximate surface area is 118 Å². The van der Waals surface area contributed by atoms with Crippen molar-refractivity contribution in [3.63, 3.8) is 0 Å². The first kappa shape index (κ1) is 12.1. The fourth-order valence-corrected chi connectivity index (χ4v) is 2.41. The second-order valence-electron chi connectivity index (χ2n) is 3.98. The predicted octanol–water partition coefficient (Wildman–Crippen LogP) is 3.97. The van der Waals surface area contributed by atoms with Crippen molar-refractivity contribution in [3.05, 3.63) is 68.7 Å². The Morgan fingerprint density at radius 3 is 2.58 bits per heavy atom. The van der Waals surface area contributed by atoms with Crippen molar-refractivity contribution in [2.45, 2.75) is 0 Å². The molecule has 3 rings (SSSR count). The van der Waals surface area contributed by atoms with Gasteiger partial charge in [-0.15, -0.1) is 0 Å². The van der Waals surface area contributed by atoms with Crippen LogP contribution in [0.3, 0.4) is 0 Å². The Kier molecular flexibility index (Phi) is 2.97. The summed E-state index contributed by atoms with van der Waals surface area (Å²) in [7, 11) is 0. The zero-order chi connectivity index (χ0) is 13.4. The molecule has 1 aromatic heterocycles. The maximum Gasteiger partial charge on any atom is 0.425 e. The largest absolute Gasteiger partial charge is 0.425 e. The van der Waals surface area contributed by atoms with Crippen molar-refractivity contribution in [1.82, 2.24) is 4.57 Å². The number of halogens is 1. The van der Waals surface area contributed by atoms with Crippen LogP contribution in [0, 0.1) is 4.64 Å². The van der Waals surface area contributed by atoms with Crippen LogP contribution in [0.4, 0.5) is 0 Å². The smallest absolute Gasteiger partial charge is 0.409 e. The average molecular weight is 290 g/mol. The predicted molar refractivity (Wildman–Crippen MR) is 77.7 cm³/mol. The second-order valence-corrected chi connectivity index (χ2v) is 4.81. The third-order valence-electron chi connectivity index (χ3n) is 2.77. The zero-order valence-corrected chi connectivity index (χ0v) is 11.2. The van der Waals surface area contributed by atoms with Crippen LogP contribution < -0.4 is 5.76 Å². The molecule has 0 saturated carbocycles. The van der Waals surface area contributed by atoms with Gasteiger partial charge >= 0.3 is 5.76 Å². The van der Waals surface area contributed by atoms with Crippen molar-refractivity contribution >= 4 is 34.8 Å². The number of para-hydroxylation sites is 1. The molecule has 0 spiro atoms. The first-order chi connectivity index (χ1) is 9.16. The Morgan fingerprint density at radius 2 is 1.84 bits per heavy atom. The van der Waals surface area contributed by atoms with Gasteiger partial charge in [0.1, 0.15) is 10.2 Å². The SMILES string of the molecule is O=c1oc2ccc(Cl)cc2c(=S)n1-c1ccccc1. The summed E-state index contributed by atoms with van der Waals surface area (Å²) in [5.41, 5.74) is 1.11. The Hall–Kier alpha value is -1.91. The first-order valence-electron chi connectivity index (χ1n) is 5.58. The van der Waals surface area contributed by atoms with E-state index in [9.17, 15) is 4.79 Å². The van der Waals surface area contributed by atoms with E-state index < -0.39 is 5.76 Å². The summed E-state index contributed by atoms with van der Waals surface area (Å²) >= 11 is 11.3. The highest BCUT2D eigenvalue weighted by atomic mass is 35.5. The van der Waals surface area contributed by atoms with Gasteiger partial charge in [0.25, 0.3) is 0 Å². The van der Waals surface area contributed by atoms with Crippen LogP contribution in [-0.2, 0) is 0 Å². The molecule has 3 nitrogen and oxygen atoms in total. The monoisotopic (exact) mass is 289 g/mol. The van der Waals surface area contributed by atoms with Crippen LogP contribution in [0.5, 0.6) is 0 Å². The number of nitrogens with zero attached hydrogens (tertiary/aromatic N) is 1. The van der Waals surface area contributed by atoms with E-state index >= 15 is 0 Å². The lowest BCUT2D eigenvalue weighted by atomic mass is 10.2. The lowest BCUT2D eigenvalue weighted by Gasteiger charge is -2.06. The minimum atomic E-state index is -0.508. The Morgan fingerprint density at radius 1 is 1.11 bits per heavy atom. The van der Waals surface area contributed by atoms with Crippen LogP contribution in [-0.4, -0.2) is 4.57 Å². The number of rotatable bonds is 1. The van der Waals surface area contributed by atoms with Crippen LogP contribution in [0.2, 0.25) is 5.02 Å². The van der Waals surface area contributed by atoms with E-state index in [1.54, 1.807) is 30.3 Å². The maximum atomic E-state index is 12.0. The topological polar surface area (TPSA) is 35.1 Å². The van der Waals surface area contributed by atoms with Gasteiger partial charge in [-0.2, -0.15) is 0 Å². The molecule has 5 heteroatoms. The van der Waals surface area contributed by atoms with Gasteiger partial charge in [0.2, 0.25) is 0 Å². The van der Waals surface area contributed by atoms with Crippen molar-refractivity contribution < 1.29 is 4.42 Å². The highest BCUT2D eigenvalue weighted by molar-refractivity contribution is 7.71. The molecule has 0 N–H and O–H groups in total. The standard InChI is InChI=1S/C14H8ClNO2S/c15-9-6-7-12-11(8-9)13(19)16(14(17)18-12)10-4-2-1-3-5-10/h1-8H. The van der Waals surface area contributed by atoms with Crippen LogP contribution >= 0.6 is 23.8 Å². The van der Waals surface area contributed by atoms with E-state index in [1.807, 2.05) is 18.2 Å². The zero-order valence-electron chi connectivity index (χ0n) is 9.67. The average Bonchev–Trinajstić information content (AvgIpc) is 2.41. The van der Waals surface area contributed by atoms with Gasteiger partial charge in [0.15, 0.2) is 0 Å². The molecule has 0 amide bonds. The number of fused-ring (bicyclic) bond motifs is 1. The highest BCUT2D eigenvalue weighted by Crippen LogP contribution is 2.20. The molecular formula is C14H8ClNO2S. The van der Waals surface area contributed by atoms with Gasteiger partial charge in [-0.1, -0.05) is 42.0 Å². The number of aromatic nitrogens is 1. The molecule has 2 aromatic carbocycles. The molecular weight excluding hydrogens is 282 g/mol. The van der Waals surface area contributed by atoms with Gasteiger partial charge in [0.05, 0.1) is 11.1 Å². The summed E-state index contributed by atoms with van der Waals surface area (Å²) in [5.74, 6) is -0.508. The fourth-order valence-electron chi connectivity index (χ4n) is 1.90. The van der Waals surface area contributed by atoms with Gasteiger partial charge in [0, 0.05) is 5.02 Å². The van der Waals surface area contributed by atoms with E-state index in [0.717, 1.165) is 0 Å². The van der Waals surface area contributed by atoms with Crippen LogP contribution in [0.25, 0.3) is 16.7 Å². The summed E-state index contributed by atoms with van der Waals surface area (Å²) in [6.45, 7) is 0. The van der Waals surface area contributed by atoms with Gasteiger partial charge in [-0.05, 0) is 30.3 Å². The molecule has 0 unspecified atom stereocenters. The molecule has 0 aliphatic heterocycles. The van der Waals surface area contributed by atoms with Crippen LogP contribution in [0.1, 0.15) is 0 Å². The fraction of sp³-hybridized carbons (Fsp3) is 0. The van der Waals surface area contributed by atoms with Crippen molar-refractivity contribution in [2.75, 3.05) is 0 Å². The third-order valence-corrected chi connectivity index (χ3v) is 3.41. The van der Waals surface area contributed by atoms with Gasteiger partial charge in [-0.25, -0.2) is 9.36 Å². The Bertz CT molecular complexity index is 868.